The van der Waals surface area contributed by atoms with Gasteiger partial charge < -0.3 is 15.7 Å². The molecule has 0 amide bonds. The highest BCUT2D eigenvalue weighted by Crippen LogP contribution is 2.24. The summed E-state index contributed by atoms with van der Waals surface area (Å²) in [6.45, 7) is 1.48. The average Bonchev–Trinajstić information content (AvgIpc) is 2.38. The van der Waals surface area contributed by atoms with Gasteiger partial charge in [-0.25, -0.2) is 4.98 Å². The van der Waals surface area contributed by atoms with Crippen LogP contribution in [0.2, 0.25) is 0 Å². The van der Waals surface area contributed by atoms with Crippen LogP contribution in [0.15, 0.2) is 12.4 Å². The molecule has 88 valence electrons. The zero-order valence-electron chi connectivity index (χ0n) is 9.34. The SMILES string of the molecule is NCc1nccnc1N1CCCCC1CO. The maximum atomic E-state index is 9.37. The van der Waals surface area contributed by atoms with E-state index in [0.717, 1.165) is 30.9 Å². The molecule has 2 rings (SSSR count). The van der Waals surface area contributed by atoms with Gasteiger partial charge in [-0.3, -0.25) is 4.98 Å². The van der Waals surface area contributed by atoms with Crippen LogP contribution in [0.25, 0.3) is 0 Å². The number of aromatic nitrogens is 2. The lowest BCUT2D eigenvalue weighted by atomic mass is 10.0. The molecular formula is C11H18N4O. The van der Waals surface area contributed by atoms with E-state index < -0.39 is 0 Å². The first-order valence-corrected chi connectivity index (χ1v) is 5.74. The minimum absolute atomic E-state index is 0.163. The van der Waals surface area contributed by atoms with Gasteiger partial charge in [-0.1, -0.05) is 0 Å². The van der Waals surface area contributed by atoms with Crippen LogP contribution in [0.4, 0.5) is 5.82 Å². The van der Waals surface area contributed by atoms with Crippen LogP contribution in [0, 0.1) is 0 Å². The summed E-state index contributed by atoms with van der Waals surface area (Å²) in [5, 5.41) is 9.37. The van der Waals surface area contributed by atoms with Crippen molar-refractivity contribution >= 4 is 5.82 Å². The summed E-state index contributed by atoms with van der Waals surface area (Å²) in [7, 11) is 0. The molecule has 1 aliphatic heterocycles. The molecular weight excluding hydrogens is 204 g/mol. The molecule has 0 aliphatic carbocycles. The van der Waals surface area contributed by atoms with Crippen molar-refractivity contribution in [2.24, 2.45) is 5.73 Å². The summed E-state index contributed by atoms with van der Waals surface area (Å²) in [5.74, 6) is 0.837. The highest BCUT2D eigenvalue weighted by Gasteiger charge is 2.24. The van der Waals surface area contributed by atoms with Gasteiger partial charge in [0.15, 0.2) is 5.82 Å². The largest absolute Gasteiger partial charge is 0.394 e. The summed E-state index contributed by atoms with van der Waals surface area (Å²) < 4.78 is 0. The Balaban J connectivity index is 2.26. The smallest absolute Gasteiger partial charge is 0.151 e. The average molecular weight is 222 g/mol. The van der Waals surface area contributed by atoms with Crippen LogP contribution in [0.5, 0.6) is 0 Å². The predicted molar refractivity (Wildman–Crippen MR) is 62.0 cm³/mol. The molecule has 1 aromatic heterocycles. The van der Waals surface area contributed by atoms with Crippen LogP contribution in [-0.2, 0) is 6.54 Å². The molecule has 0 spiro atoms. The first-order valence-electron chi connectivity index (χ1n) is 5.74. The third kappa shape index (κ3) is 2.15. The Labute approximate surface area is 95.3 Å². The Morgan fingerprint density at radius 1 is 1.38 bits per heavy atom. The molecule has 0 radical (unpaired) electrons. The van der Waals surface area contributed by atoms with Crippen molar-refractivity contribution in [2.45, 2.75) is 31.8 Å². The Bertz CT molecular complexity index is 345. The first kappa shape index (κ1) is 11.3. The molecule has 5 nitrogen and oxygen atoms in total. The minimum Gasteiger partial charge on any atom is -0.394 e. The van der Waals surface area contributed by atoms with Crippen molar-refractivity contribution < 1.29 is 5.11 Å². The Kier molecular flexibility index (Phi) is 3.69. The van der Waals surface area contributed by atoms with Crippen molar-refractivity contribution in [1.29, 1.82) is 0 Å². The van der Waals surface area contributed by atoms with Crippen molar-refractivity contribution in [3.63, 3.8) is 0 Å². The maximum absolute atomic E-state index is 9.37. The number of anilines is 1. The first-order chi connectivity index (χ1) is 7.86. The van der Waals surface area contributed by atoms with E-state index in [4.69, 9.17) is 5.73 Å². The minimum atomic E-state index is 0.163. The lowest BCUT2D eigenvalue weighted by molar-refractivity contribution is 0.239. The summed E-state index contributed by atoms with van der Waals surface area (Å²) in [4.78, 5) is 10.7. The molecule has 2 heterocycles. The number of piperidine rings is 1. The normalized spacial score (nSPS) is 21.1. The highest BCUT2D eigenvalue weighted by atomic mass is 16.3. The molecule has 1 aliphatic rings. The molecule has 16 heavy (non-hydrogen) atoms. The van der Waals surface area contributed by atoms with Crippen molar-refractivity contribution in [2.75, 3.05) is 18.1 Å². The second kappa shape index (κ2) is 5.23. The van der Waals surface area contributed by atoms with E-state index in [1.54, 1.807) is 12.4 Å². The number of nitrogens with zero attached hydrogens (tertiary/aromatic N) is 3. The summed E-state index contributed by atoms with van der Waals surface area (Å²) in [6, 6.07) is 0.163. The third-order valence-electron chi connectivity index (χ3n) is 3.06. The van der Waals surface area contributed by atoms with Crippen molar-refractivity contribution in [1.82, 2.24) is 9.97 Å². The van der Waals surface area contributed by atoms with Crippen LogP contribution < -0.4 is 10.6 Å². The van der Waals surface area contributed by atoms with E-state index in [9.17, 15) is 5.11 Å². The lowest BCUT2D eigenvalue weighted by Gasteiger charge is -2.36. The Morgan fingerprint density at radius 2 is 2.19 bits per heavy atom. The second-order valence-corrected chi connectivity index (χ2v) is 4.06. The van der Waals surface area contributed by atoms with Gasteiger partial charge in [-0.2, -0.15) is 0 Å². The fourth-order valence-electron chi connectivity index (χ4n) is 2.21. The van der Waals surface area contributed by atoms with E-state index >= 15 is 0 Å². The van der Waals surface area contributed by atoms with E-state index in [1.807, 2.05) is 0 Å². The van der Waals surface area contributed by atoms with Gasteiger partial charge in [0.05, 0.1) is 18.3 Å². The Morgan fingerprint density at radius 3 is 2.94 bits per heavy atom. The highest BCUT2D eigenvalue weighted by molar-refractivity contribution is 5.44. The number of nitrogens with two attached hydrogens (primary N) is 1. The molecule has 5 heteroatoms. The molecule has 1 aromatic rings. The third-order valence-corrected chi connectivity index (χ3v) is 3.06. The molecule has 1 fully saturated rings. The monoisotopic (exact) mass is 222 g/mol. The maximum Gasteiger partial charge on any atom is 0.151 e. The fourth-order valence-corrected chi connectivity index (χ4v) is 2.21. The molecule has 0 aromatic carbocycles. The van der Waals surface area contributed by atoms with Gasteiger partial charge in [-0.05, 0) is 19.3 Å². The number of hydrogen-bond donors (Lipinski definition) is 2. The standard InChI is InChI=1S/C11H18N4O/c12-7-10-11(14-5-4-13-10)15-6-2-1-3-9(15)8-16/h4-5,9,16H,1-3,6-8,12H2. The molecule has 1 unspecified atom stereocenters. The van der Waals surface area contributed by atoms with E-state index in [2.05, 4.69) is 14.9 Å². The number of aliphatic hydroxyl groups excluding tert-OH is 1. The van der Waals surface area contributed by atoms with Gasteiger partial charge in [-0.15, -0.1) is 0 Å². The molecule has 1 atom stereocenters. The summed E-state index contributed by atoms with van der Waals surface area (Å²) in [5.41, 5.74) is 6.46. The van der Waals surface area contributed by atoms with E-state index in [1.165, 1.54) is 6.42 Å². The van der Waals surface area contributed by atoms with Crippen molar-refractivity contribution in [3.8, 4) is 0 Å². The second-order valence-electron chi connectivity index (χ2n) is 4.06. The number of aliphatic hydroxyl groups is 1. The molecule has 0 saturated carbocycles. The Hall–Kier alpha value is -1.20. The summed E-state index contributed by atoms with van der Waals surface area (Å²) in [6.07, 6.45) is 6.65. The van der Waals surface area contributed by atoms with Crippen molar-refractivity contribution in [3.05, 3.63) is 18.1 Å². The quantitative estimate of drug-likeness (QED) is 0.768. The van der Waals surface area contributed by atoms with Crippen LogP contribution in [-0.4, -0.2) is 34.3 Å². The van der Waals surface area contributed by atoms with Gasteiger partial charge in [0.25, 0.3) is 0 Å². The van der Waals surface area contributed by atoms with E-state index in [0.29, 0.717) is 6.54 Å². The molecule has 0 bridgehead atoms. The van der Waals surface area contributed by atoms with Gasteiger partial charge in [0.2, 0.25) is 0 Å². The number of rotatable bonds is 3. The lowest BCUT2D eigenvalue weighted by Crippen LogP contribution is -2.43. The number of hydrogen-bond acceptors (Lipinski definition) is 5. The predicted octanol–water partition coefficient (Wildman–Crippen LogP) is 0.286. The zero-order valence-corrected chi connectivity index (χ0v) is 9.34. The molecule has 1 saturated heterocycles. The zero-order chi connectivity index (χ0) is 11.4. The van der Waals surface area contributed by atoms with Crippen LogP contribution >= 0.6 is 0 Å². The van der Waals surface area contributed by atoms with Gasteiger partial charge >= 0.3 is 0 Å². The van der Waals surface area contributed by atoms with Gasteiger partial charge in [0, 0.05) is 25.5 Å². The topological polar surface area (TPSA) is 75.3 Å². The van der Waals surface area contributed by atoms with E-state index in [-0.39, 0.29) is 12.6 Å². The summed E-state index contributed by atoms with van der Waals surface area (Å²) >= 11 is 0. The fraction of sp³-hybridized carbons (Fsp3) is 0.636. The van der Waals surface area contributed by atoms with Crippen LogP contribution in [0.1, 0.15) is 25.0 Å². The van der Waals surface area contributed by atoms with Gasteiger partial charge in [0.1, 0.15) is 0 Å². The van der Waals surface area contributed by atoms with Crippen LogP contribution in [0.3, 0.4) is 0 Å². The molecule has 3 N–H and O–H groups in total.